The summed E-state index contributed by atoms with van der Waals surface area (Å²) in [6, 6.07) is 9.61. The first kappa shape index (κ1) is 13.3. The van der Waals surface area contributed by atoms with Crippen LogP contribution in [-0.4, -0.2) is 9.97 Å². The largest absolute Gasteiger partial charge is 0.439 e. The van der Waals surface area contributed by atoms with Gasteiger partial charge in [-0.25, -0.2) is 4.98 Å². The lowest BCUT2D eigenvalue weighted by molar-refractivity contribution is 0.451. The fourth-order valence-corrected chi connectivity index (χ4v) is 1.87. The van der Waals surface area contributed by atoms with Crippen LogP contribution in [0.1, 0.15) is 38.1 Å². The molecule has 1 aromatic carbocycles. The van der Waals surface area contributed by atoms with Crippen molar-refractivity contribution in [1.29, 1.82) is 0 Å². The van der Waals surface area contributed by atoms with Gasteiger partial charge >= 0.3 is 0 Å². The van der Waals surface area contributed by atoms with E-state index in [0.717, 1.165) is 17.7 Å². The van der Waals surface area contributed by atoms with Crippen molar-refractivity contribution in [2.24, 2.45) is 0 Å². The molecule has 0 fully saturated rings. The van der Waals surface area contributed by atoms with Gasteiger partial charge < -0.3 is 10.5 Å². The first-order valence-electron chi connectivity index (χ1n) is 6.50. The first-order chi connectivity index (χ1) is 9.10. The molecule has 0 saturated carbocycles. The zero-order valence-electron chi connectivity index (χ0n) is 11.6. The van der Waals surface area contributed by atoms with Gasteiger partial charge in [0.25, 0.3) is 0 Å². The third kappa shape index (κ3) is 3.22. The van der Waals surface area contributed by atoms with E-state index in [4.69, 9.17) is 10.5 Å². The summed E-state index contributed by atoms with van der Waals surface area (Å²) in [7, 11) is 0. The second kappa shape index (κ2) is 5.69. The number of aryl methyl sites for hydroxylation is 1. The van der Waals surface area contributed by atoms with Crippen LogP contribution in [0.3, 0.4) is 0 Å². The first-order valence-corrected chi connectivity index (χ1v) is 6.50. The van der Waals surface area contributed by atoms with E-state index in [-0.39, 0.29) is 0 Å². The van der Waals surface area contributed by atoms with Gasteiger partial charge in [0.05, 0.1) is 0 Å². The number of benzene rings is 1. The molecular formula is C15H19N3O. The summed E-state index contributed by atoms with van der Waals surface area (Å²) in [5.74, 6) is 2.83. The zero-order chi connectivity index (χ0) is 13.8. The van der Waals surface area contributed by atoms with E-state index in [0.29, 0.717) is 23.4 Å². The maximum absolute atomic E-state index is 5.86. The number of nitrogen functional groups attached to an aromatic ring is 1. The lowest BCUT2D eigenvalue weighted by Crippen LogP contribution is -2.01. The molecule has 1 aromatic heterocycles. The van der Waals surface area contributed by atoms with Crippen molar-refractivity contribution in [3.63, 3.8) is 0 Å². The molecule has 0 amide bonds. The average Bonchev–Trinajstić information content (AvgIpc) is 2.38. The van der Waals surface area contributed by atoms with Gasteiger partial charge in [0.2, 0.25) is 5.88 Å². The predicted molar refractivity (Wildman–Crippen MR) is 76.4 cm³/mol. The predicted octanol–water partition coefficient (Wildman–Crippen LogP) is 3.54. The van der Waals surface area contributed by atoms with Crippen LogP contribution in [0.25, 0.3) is 0 Å². The van der Waals surface area contributed by atoms with Gasteiger partial charge in [0, 0.05) is 12.5 Å². The number of nitrogens with two attached hydrogens (primary N) is 1. The Hall–Kier alpha value is -2.10. The number of hydrogen-bond acceptors (Lipinski definition) is 4. The van der Waals surface area contributed by atoms with Crippen molar-refractivity contribution in [1.82, 2.24) is 9.97 Å². The molecule has 0 bridgehead atoms. The van der Waals surface area contributed by atoms with E-state index in [9.17, 15) is 0 Å². The van der Waals surface area contributed by atoms with Gasteiger partial charge in [-0.1, -0.05) is 39.0 Å². The summed E-state index contributed by atoms with van der Waals surface area (Å²) in [5.41, 5.74) is 6.91. The minimum absolute atomic E-state index is 0.390. The molecule has 2 aromatic rings. The topological polar surface area (TPSA) is 61.0 Å². The molecule has 0 unspecified atom stereocenters. The molecule has 1 heterocycles. The van der Waals surface area contributed by atoms with E-state index in [2.05, 4.69) is 29.9 Å². The van der Waals surface area contributed by atoms with Crippen LogP contribution < -0.4 is 10.5 Å². The van der Waals surface area contributed by atoms with Crippen molar-refractivity contribution in [3.8, 4) is 11.6 Å². The molecular weight excluding hydrogens is 238 g/mol. The minimum Gasteiger partial charge on any atom is -0.439 e. The molecule has 0 aliphatic carbocycles. The Bertz CT molecular complexity index is 567. The van der Waals surface area contributed by atoms with Crippen molar-refractivity contribution >= 4 is 5.82 Å². The quantitative estimate of drug-likeness (QED) is 0.910. The summed E-state index contributed by atoms with van der Waals surface area (Å²) in [6.07, 6.45) is 0.729. The summed E-state index contributed by atoms with van der Waals surface area (Å²) in [4.78, 5) is 8.47. The maximum Gasteiger partial charge on any atom is 0.224 e. The molecule has 0 radical (unpaired) electrons. The third-order valence-electron chi connectivity index (χ3n) is 2.84. The zero-order valence-corrected chi connectivity index (χ0v) is 11.6. The molecule has 0 saturated heterocycles. The number of anilines is 1. The Labute approximate surface area is 113 Å². The molecule has 4 nitrogen and oxygen atoms in total. The summed E-state index contributed by atoms with van der Waals surface area (Å²) >= 11 is 0. The maximum atomic E-state index is 5.86. The van der Waals surface area contributed by atoms with E-state index >= 15 is 0 Å². The van der Waals surface area contributed by atoms with Crippen molar-refractivity contribution in [2.45, 2.75) is 33.1 Å². The summed E-state index contributed by atoms with van der Waals surface area (Å²) < 4.78 is 5.86. The molecule has 100 valence electrons. The van der Waals surface area contributed by atoms with Crippen LogP contribution in [0, 0.1) is 0 Å². The molecule has 0 spiro atoms. The Morgan fingerprint density at radius 3 is 2.63 bits per heavy atom. The van der Waals surface area contributed by atoms with Crippen LogP contribution >= 0.6 is 0 Å². The van der Waals surface area contributed by atoms with Crippen LogP contribution in [0.5, 0.6) is 11.6 Å². The lowest BCUT2D eigenvalue weighted by atomic mass is 10.0. The molecule has 4 heteroatoms. The van der Waals surface area contributed by atoms with E-state index in [1.165, 1.54) is 0 Å². The smallest absolute Gasteiger partial charge is 0.224 e. The van der Waals surface area contributed by atoms with Crippen LogP contribution in [0.2, 0.25) is 0 Å². The Morgan fingerprint density at radius 1 is 1.21 bits per heavy atom. The summed E-state index contributed by atoms with van der Waals surface area (Å²) in [6.45, 7) is 6.25. The standard InChI is InChI=1S/C15H19N3O/c1-4-14-17-13(16)9-15(18-14)19-12-8-6-5-7-11(12)10(2)3/h5-10H,4H2,1-3H3,(H2,16,17,18). The average molecular weight is 257 g/mol. The number of hydrogen-bond donors (Lipinski definition) is 1. The van der Waals surface area contributed by atoms with Gasteiger partial charge in [-0.3, -0.25) is 0 Å². The highest BCUT2D eigenvalue weighted by Gasteiger charge is 2.09. The highest BCUT2D eigenvalue weighted by molar-refractivity contribution is 5.40. The van der Waals surface area contributed by atoms with Crippen molar-refractivity contribution in [3.05, 3.63) is 41.7 Å². The van der Waals surface area contributed by atoms with Gasteiger partial charge in [0.15, 0.2) is 0 Å². The van der Waals surface area contributed by atoms with Crippen LogP contribution in [0.15, 0.2) is 30.3 Å². The molecule has 0 aliphatic heterocycles. The van der Waals surface area contributed by atoms with Crippen LogP contribution in [0.4, 0.5) is 5.82 Å². The van der Waals surface area contributed by atoms with Gasteiger partial charge in [-0.15, -0.1) is 0 Å². The monoisotopic (exact) mass is 257 g/mol. The van der Waals surface area contributed by atoms with Gasteiger partial charge in [0.1, 0.15) is 17.4 Å². The van der Waals surface area contributed by atoms with E-state index in [1.54, 1.807) is 6.07 Å². The number of aromatic nitrogens is 2. The number of nitrogens with zero attached hydrogens (tertiary/aromatic N) is 2. The molecule has 19 heavy (non-hydrogen) atoms. The summed E-state index contributed by atoms with van der Waals surface area (Å²) in [5, 5.41) is 0. The third-order valence-corrected chi connectivity index (χ3v) is 2.84. The van der Waals surface area contributed by atoms with E-state index in [1.807, 2.05) is 25.1 Å². The second-order valence-corrected chi connectivity index (χ2v) is 4.70. The van der Waals surface area contributed by atoms with Crippen molar-refractivity contribution in [2.75, 3.05) is 5.73 Å². The Kier molecular flexibility index (Phi) is 4.00. The molecule has 0 atom stereocenters. The van der Waals surface area contributed by atoms with Crippen molar-refractivity contribution < 1.29 is 4.74 Å². The minimum atomic E-state index is 0.390. The highest BCUT2D eigenvalue weighted by atomic mass is 16.5. The van der Waals surface area contributed by atoms with Gasteiger partial charge in [-0.05, 0) is 17.5 Å². The molecule has 0 aliphatic rings. The number of ether oxygens (including phenoxy) is 1. The van der Waals surface area contributed by atoms with Crippen LogP contribution in [-0.2, 0) is 6.42 Å². The fraction of sp³-hybridized carbons (Fsp3) is 0.333. The molecule has 2 rings (SSSR count). The highest BCUT2D eigenvalue weighted by Crippen LogP contribution is 2.29. The Balaban J connectivity index is 2.33. The second-order valence-electron chi connectivity index (χ2n) is 4.70. The molecule has 2 N–H and O–H groups in total. The fourth-order valence-electron chi connectivity index (χ4n) is 1.87. The normalized spacial score (nSPS) is 10.7. The van der Waals surface area contributed by atoms with Gasteiger partial charge in [-0.2, -0.15) is 4.98 Å². The Morgan fingerprint density at radius 2 is 1.95 bits per heavy atom. The SMILES string of the molecule is CCc1nc(N)cc(Oc2ccccc2C(C)C)n1. The number of para-hydroxylation sites is 1. The lowest BCUT2D eigenvalue weighted by Gasteiger charge is -2.13. The van der Waals surface area contributed by atoms with E-state index < -0.39 is 0 Å². The number of rotatable bonds is 4.